The van der Waals surface area contributed by atoms with Crippen LogP contribution in [0.3, 0.4) is 0 Å². The summed E-state index contributed by atoms with van der Waals surface area (Å²) in [5.41, 5.74) is 0.627. The maximum atomic E-state index is 5.24. The van der Waals surface area contributed by atoms with Crippen molar-refractivity contribution in [3.63, 3.8) is 0 Å². The summed E-state index contributed by atoms with van der Waals surface area (Å²) in [6, 6.07) is 0. The Balaban J connectivity index is 1.63. The summed E-state index contributed by atoms with van der Waals surface area (Å²) in [6.45, 7) is 9.51. The third kappa shape index (κ3) is 4.22. The van der Waals surface area contributed by atoms with Gasteiger partial charge in [0.1, 0.15) is 0 Å². The molecule has 1 aliphatic carbocycles. The smallest absolute Gasteiger partial charge is 0.0468 e. The molecule has 0 aromatic carbocycles. The first-order valence-corrected chi connectivity index (χ1v) is 7.70. The van der Waals surface area contributed by atoms with E-state index in [2.05, 4.69) is 17.1 Å². The van der Waals surface area contributed by atoms with Crippen LogP contribution >= 0.6 is 0 Å². The molecule has 2 fully saturated rings. The van der Waals surface area contributed by atoms with Crippen LogP contribution in [-0.2, 0) is 4.74 Å². The Kier molecular flexibility index (Phi) is 5.46. The van der Waals surface area contributed by atoms with Crippen molar-refractivity contribution < 1.29 is 4.74 Å². The molecule has 3 heteroatoms. The molecule has 0 aromatic heterocycles. The van der Waals surface area contributed by atoms with Gasteiger partial charge >= 0.3 is 0 Å². The summed E-state index contributed by atoms with van der Waals surface area (Å²) in [7, 11) is 1.82. The van der Waals surface area contributed by atoms with Crippen molar-refractivity contribution in [3.8, 4) is 0 Å². The summed E-state index contributed by atoms with van der Waals surface area (Å²) in [5, 5.41) is 3.56. The Hall–Kier alpha value is -0.120. The highest BCUT2D eigenvalue weighted by Gasteiger charge is 2.44. The number of ether oxygens (including phenoxy) is 1. The molecule has 0 amide bonds. The van der Waals surface area contributed by atoms with Gasteiger partial charge in [0.25, 0.3) is 0 Å². The van der Waals surface area contributed by atoms with E-state index in [1.54, 1.807) is 0 Å². The summed E-state index contributed by atoms with van der Waals surface area (Å²) in [5.74, 6) is 0.884. The molecule has 0 aromatic rings. The predicted molar refractivity (Wildman–Crippen MR) is 75.9 cm³/mol. The van der Waals surface area contributed by atoms with E-state index >= 15 is 0 Å². The van der Waals surface area contributed by atoms with Crippen molar-refractivity contribution in [3.05, 3.63) is 0 Å². The van der Waals surface area contributed by atoms with E-state index in [0.717, 1.165) is 12.5 Å². The molecule has 3 nitrogen and oxygen atoms in total. The molecule has 1 heterocycles. The maximum absolute atomic E-state index is 5.24. The highest BCUT2D eigenvalue weighted by Crippen LogP contribution is 2.49. The number of methoxy groups -OCH3 is 1. The minimum atomic E-state index is 0.627. The second-order valence-electron chi connectivity index (χ2n) is 6.34. The van der Waals surface area contributed by atoms with Crippen LogP contribution in [0.1, 0.15) is 39.0 Å². The molecule has 106 valence electrons. The van der Waals surface area contributed by atoms with Crippen LogP contribution in [0, 0.1) is 11.3 Å². The summed E-state index contributed by atoms with van der Waals surface area (Å²) in [4.78, 5) is 2.70. The molecule has 1 N–H and O–H groups in total. The molecule has 18 heavy (non-hydrogen) atoms. The number of hydrogen-bond acceptors (Lipinski definition) is 3. The lowest BCUT2D eigenvalue weighted by molar-refractivity contribution is 0.154. The average Bonchev–Trinajstić information content (AvgIpc) is 2.99. The zero-order valence-electron chi connectivity index (χ0n) is 12.2. The van der Waals surface area contributed by atoms with Crippen LogP contribution in [0.5, 0.6) is 0 Å². The second kappa shape index (κ2) is 6.88. The van der Waals surface area contributed by atoms with Crippen LogP contribution in [-0.4, -0.2) is 51.3 Å². The van der Waals surface area contributed by atoms with Crippen molar-refractivity contribution in [2.45, 2.75) is 39.0 Å². The third-order valence-electron chi connectivity index (χ3n) is 4.58. The van der Waals surface area contributed by atoms with Gasteiger partial charge in [-0.05, 0) is 63.1 Å². The number of nitrogens with zero attached hydrogens (tertiary/aromatic N) is 1. The Morgan fingerprint density at radius 1 is 1.39 bits per heavy atom. The minimum Gasteiger partial charge on any atom is -0.385 e. The zero-order chi connectivity index (χ0) is 12.8. The fourth-order valence-electron chi connectivity index (χ4n) is 3.16. The summed E-state index contributed by atoms with van der Waals surface area (Å²) in [6.07, 6.45) is 6.74. The van der Waals surface area contributed by atoms with Crippen LogP contribution in [0.4, 0.5) is 0 Å². The predicted octanol–water partition coefficient (Wildman–Crippen LogP) is 2.12. The van der Waals surface area contributed by atoms with Gasteiger partial charge in [-0.3, -0.25) is 0 Å². The van der Waals surface area contributed by atoms with Gasteiger partial charge in [0.05, 0.1) is 0 Å². The number of nitrogens with one attached hydrogen (secondary N) is 1. The average molecular weight is 254 g/mol. The molecule has 1 aliphatic heterocycles. The van der Waals surface area contributed by atoms with E-state index in [0.29, 0.717) is 5.41 Å². The van der Waals surface area contributed by atoms with Crippen molar-refractivity contribution in [1.29, 1.82) is 0 Å². The standard InChI is InChI=1S/C15H30N2O/c1-3-8-16-11-14-4-9-17(12-14)13-15(5-6-15)7-10-18-2/h14,16H,3-13H2,1-2H3. The lowest BCUT2D eigenvalue weighted by Gasteiger charge is -2.23. The molecule has 1 saturated heterocycles. The lowest BCUT2D eigenvalue weighted by atomic mass is 10.0. The van der Waals surface area contributed by atoms with Crippen LogP contribution in [0.15, 0.2) is 0 Å². The monoisotopic (exact) mass is 254 g/mol. The van der Waals surface area contributed by atoms with Gasteiger partial charge in [0.2, 0.25) is 0 Å². The van der Waals surface area contributed by atoms with Gasteiger partial charge in [0, 0.05) is 26.8 Å². The minimum absolute atomic E-state index is 0.627. The fraction of sp³-hybridized carbons (Fsp3) is 1.00. The largest absolute Gasteiger partial charge is 0.385 e. The molecular formula is C15H30N2O. The van der Waals surface area contributed by atoms with Gasteiger partial charge in [0.15, 0.2) is 0 Å². The molecule has 0 bridgehead atoms. The van der Waals surface area contributed by atoms with Crippen molar-refractivity contribution in [1.82, 2.24) is 10.2 Å². The van der Waals surface area contributed by atoms with Gasteiger partial charge < -0.3 is 15.0 Å². The van der Waals surface area contributed by atoms with E-state index in [-0.39, 0.29) is 0 Å². The molecule has 1 unspecified atom stereocenters. The highest BCUT2D eigenvalue weighted by molar-refractivity contribution is 4.96. The summed E-state index contributed by atoms with van der Waals surface area (Å²) < 4.78 is 5.24. The SMILES string of the molecule is CCCNCC1CCN(CC2(CCOC)CC2)C1. The van der Waals surface area contributed by atoms with E-state index in [1.807, 2.05) is 7.11 Å². The van der Waals surface area contributed by atoms with E-state index < -0.39 is 0 Å². The molecule has 1 saturated carbocycles. The van der Waals surface area contributed by atoms with Gasteiger partial charge in [-0.15, -0.1) is 0 Å². The molecular weight excluding hydrogens is 224 g/mol. The normalized spacial score (nSPS) is 26.7. The molecule has 1 atom stereocenters. The molecule has 0 radical (unpaired) electrons. The first-order chi connectivity index (χ1) is 8.78. The molecule has 0 spiro atoms. The topological polar surface area (TPSA) is 24.5 Å². The van der Waals surface area contributed by atoms with Crippen LogP contribution in [0.2, 0.25) is 0 Å². The lowest BCUT2D eigenvalue weighted by Crippen LogP contribution is -2.31. The Morgan fingerprint density at radius 2 is 2.22 bits per heavy atom. The van der Waals surface area contributed by atoms with Crippen molar-refractivity contribution >= 4 is 0 Å². The number of hydrogen-bond donors (Lipinski definition) is 1. The molecule has 2 aliphatic rings. The Bertz CT molecular complexity index is 241. The van der Waals surface area contributed by atoms with Gasteiger partial charge in [-0.25, -0.2) is 0 Å². The maximum Gasteiger partial charge on any atom is 0.0468 e. The van der Waals surface area contributed by atoms with Crippen molar-refractivity contribution in [2.24, 2.45) is 11.3 Å². The number of rotatable bonds is 9. The Labute approximate surface area is 112 Å². The van der Waals surface area contributed by atoms with Crippen molar-refractivity contribution in [2.75, 3.05) is 46.4 Å². The van der Waals surface area contributed by atoms with Gasteiger partial charge in [-0.2, -0.15) is 0 Å². The zero-order valence-corrected chi connectivity index (χ0v) is 12.2. The van der Waals surface area contributed by atoms with Gasteiger partial charge in [-0.1, -0.05) is 6.92 Å². The van der Waals surface area contributed by atoms with E-state index in [1.165, 1.54) is 64.8 Å². The Morgan fingerprint density at radius 3 is 2.89 bits per heavy atom. The van der Waals surface area contributed by atoms with Crippen LogP contribution in [0.25, 0.3) is 0 Å². The van der Waals surface area contributed by atoms with E-state index in [4.69, 9.17) is 4.74 Å². The first kappa shape index (κ1) is 14.3. The van der Waals surface area contributed by atoms with E-state index in [9.17, 15) is 0 Å². The second-order valence-corrected chi connectivity index (χ2v) is 6.34. The first-order valence-electron chi connectivity index (χ1n) is 7.70. The van der Waals surface area contributed by atoms with Crippen LogP contribution < -0.4 is 5.32 Å². The summed E-state index contributed by atoms with van der Waals surface area (Å²) >= 11 is 0. The highest BCUT2D eigenvalue weighted by atomic mass is 16.5. The number of likely N-dealkylation sites (tertiary alicyclic amines) is 1. The molecule has 2 rings (SSSR count). The quantitative estimate of drug-likeness (QED) is 0.638. The third-order valence-corrected chi connectivity index (χ3v) is 4.58. The fourth-order valence-corrected chi connectivity index (χ4v) is 3.16.